The molecule has 3 aromatic rings. The van der Waals surface area contributed by atoms with Crippen LogP contribution in [-0.4, -0.2) is 59.6 Å². The third-order valence-electron chi connectivity index (χ3n) is 5.50. The van der Waals surface area contributed by atoms with Gasteiger partial charge in [-0.1, -0.05) is 42.8 Å². The molecule has 0 radical (unpaired) electrons. The molecule has 2 aromatic carbocycles. The zero-order chi connectivity index (χ0) is 22.7. The molecule has 166 valence electrons. The summed E-state index contributed by atoms with van der Waals surface area (Å²) in [6.07, 6.45) is 0.458. The number of carbonyl (C=O) groups is 2. The Hall–Kier alpha value is -3.32. The average Bonchev–Trinajstić information content (AvgIpc) is 2.82. The first kappa shape index (κ1) is 21.9. The molecule has 0 atom stereocenters. The van der Waals surface area contributed by atoms with Crippen molar-refractivity contribution < 1.29 is 14.3 Å². The molecular weight excluding hydrogens is 428 g/mol. The van der Waals surface area contributed by atoms with Crippen molar-refractivity contribution in [3.63, 3.8) is 0 Å². The molecule has 2 N–H and O–H groups in total. The predicted molar refractivity (Wildman–Crippen MR) is 126 cm³/mol. The molecule has 7 nitrogen and oxygen atoms in total. The Balaban J connectivity index is 1.54. The normalized spacial score (nSPS) is 13.9. The molecule has 2 heterocycles. The fourth-order valence-electron chi connectivity index (χ4n) is 3.74. The van der Waals surface area contributed by atoms with Gasteiger partial charge in [0, 0.05) is 48.4 Å². The second-order valence-corrected chi connectivity index (χ2v) is 8.11. The number of nitrogen functional groups attached to an aromatic ring is 1. The first-order valence-electron chi connectivity index (χ1n) is 10.6. The third-order valence-corrected chi connectivity index (χ3v) is 5.81. The van der Waals surface area contributed by atoms with Gasteiger partial charge in [-0.2, -0.15) is 0 Å². The van der Waals surface area contributed by atoms with Crippen molar-refractivity contribution >= 4 is 40.2 Å². The van der Waals surface area contributed by atoms with E-state index in [0.29, 0.717) is 60.3 Å². The monoisotopic (exact) mass is 452 g/mol. The van der Waals surface area contributed by atoms with E-state index in [1.165, 1.54) is 0 Å². The Labute approximate surface area is 191 Å². The number of halogens is 1. The highest BCUT2D eigenvalue weighted by Crippen LogP contribution is 2.31. The number of benzene rings is 2. The number of nitrogens with zero attached hydrogens (tertiary/aromatic N) is 3. The summed E-state index contributed by atoms with van der Waals surface area (Å²) >= 11 is 6.50. The molecule has 1 aliphatic rings. The van der Waals surface area contributed by atoms with Crippen LogP contribution in [0.5, 0.6) is 0 Å². The number of carbonyl (C=O) groups excluding carboxylic acids is 2. The maximum atomic E-state index is 13.1. The minimum Gasteiger partial charge on any atom is -0.449 e. The number of hydrogen-bond donors (Lipinski definition) is 1. The van der Waals surface area contributed by atoms with Crippen LogP contribution in [0.2, 0.25) is 5.02 Å². The van der Waals surface area contributed by atoms with Crippen LogP contribution >= 0.6 is 11.6 Å². The largest absolute Gasteiger partial charge is 0.449 e. The number of piperazine rings is 1. The number of ether oxygens (including phenoxy) is 1. The zero-order valence-corrected chi connectivity index (χ0v) is 18.6. The number of para-hydroxylation sites is 1. The fraction of sp³-hybridized carbons (Fsp3) is 0.292. The molecule has 2 amide bonds. The van der Waals surface area contributed by atoms with E-state index in [1.807, 2.05) is 37.3 Å². The average molecular weight is 453 g/mol. The summed E-state index contributed by atoms with van der Waals surface area (Å²) < 4.78 is 5.18. The van der Waals surface area contributed by atoms with Gasteiger partial charge in [-0.15, -0.1) is 0 Å². The Morgan fingerprint density at radius 2 is 1.78 bits per heavy atom. The molecule has 8 heteroatoms. The maximum absolute atomic E-state index is 13.1. The highest BCUT2D eigenvalue weighted by molar-refractivity contribution is 6.35. The van der Waals surface area contributed by atoms with Crippen molar-refractivity contribution in [2.75, 3.05) is 38.5 Å². The Morgan fingerprint density at radius 1 is 1.06 bits per heavy atom. The highest BCUT2D eigenvalue weighted by Gasteiger charge is 2.26. The summed E-state index contributed by atoms with van der Waals surface area (Å²) in [5, 5.41) is 1.32. The van der Waals surface area contributed by atoms with E-state index in [0.717, 1.165) is 17.4 Å². The van der Waals surface area contributed by atoms with E-state index in [1.54, 1.807) is 28.0 Å². The number of aromatic nitrogens is 1. The first-order chi connectivity index (χ1) is 15.5. The lowest BCUT2D eigenvalue weighted by atomic mass is 10.1. The number of amides is 2. The smallest absolute Gasteiger partial charge is 0.409 e. The molecular formula is C24H25ClN4O3. The second kappa shape index (κ2) is 9.44. The second-order valence-electron chi connectivity index (χ2n) is 7.70. The SMILES string of the molecule is CCCOC(=O)N1CCN(C(=O)c2ccc3c(Cl)cc(-c4ccccc4N)nc3c2)CC1. The van der Waals surface area contributed by atoms with Crippen molar-refractivity contribution in [2.24, 2.45) is 0 Å². The van der Waals surface area contributed by atoms with Crippen LogP contribution in [0.3, 0.4) is 0 Å². The van der Waals surface area contributed by atoms with Gasteiger partial charge in [-0.25, -0.2) is 9.78 Å². The lowest BCUT2D eigenvalue weighted by Gasteiger charge is -2.34. The molecule has 1 fully saturated rings. The van der Waals surface area contributed by atoms with E-state index in [9.17, 15) is 9.59 Å². The van der Waals surface area contributed by atoms with Gasteiger partial charge in [0.1, 0.15) is 0 Å². The highest BCUT2D eigenvalue weighted by atomic mass is 35.5. The van der Waals surface area contributed by atoms with Crippen LogP contribution in [-0.2, 0) is 4.74 Å². The van der Waals surface area contributed by atoms with Crippen molar-refractivity contribution in [3.05, 3.63) is 59.1 Å². The molecule has 4 rings (SSSR count). The van der Waals surface area contributed by atoms with E-state index < -0.39 is 0 Å². The number of pyridine rings is 1. The maximum Gasteiger partial charge on any atom is 0.409 e. The van der Waals surface area contributed by atoms with Crippen molar-refractivity contribution in [3.8, 4) is 11.3 Å². The molecule has 0 unspecified atom stereocenters. The Morgan fingerprint density at radius 3 is 2.50 bits per heavy atom. The first-order valence-corrected chi connectivity index (χ1v) is 11.0. The van der Waals surface area contributed by atoms with E-state index in [4.69, 9.17) is 27.1 Å². The van der Waals surface area contributed by atoms with Crippen LogP contribution in [0.4, 0.5) is 10.5 Å². The van der Waals surface area contributed by atoms with Crippen LogP contribution < -0.4 is 5.73 Å². The molecule has 1 aliphatic heterocycles. The standard InChI is InChI=1S/C24H25ClN4O3/c1-2-13-32-24(31)29-11-9-28(10-12-29)23(30)16-7-8-17-19(25)15-22(27-21(17)14-16)18-5-3-4-6-20(18)26/h3-8,14-15H,2,9-13,26H2,1H3. The summed E-state index contributed by atoms with van der Waals surface area (Å²) in [5.74, 6) is -0.101. The third kappa shape index (κ3) is 4.48. The summed E-state index contributed by atoms with van der Waals surface area (Å²) in [7, 11) is 0. The quantitative estimate of drug-likeness (QED) is 0.591. The van der Waals surface area contributed by atoms with Crippen LogP contribution in [0.15, 0.2) is 48.5 Å². The number of nitrogens with two attached hydrogens (primary N) is 1. The van der Waals surface area contributed by atoms with Gasteiger partial charge in [0.15, 0.2) is 0 Å². The molecule has 0 spiro atoms. The molecule has 32 heavy (non-hydrogen) atoms. The van der Waals surface area contributed by atoms with Crippen molar-refractivity contribution in [1.82, 2.24) is 14.8 Å². The number of hydrogen-bond acceptors (Lipinski definition) is 5. The summed E-state index contributed by atoms with van der Waals surface area (Å²) in [6.45, 7) is 4.15. The summed E-state index contributed by atoms with van der Waals surface area (Å²) in [4.78, 5) is 33.2. The fourth-order valence-corrected chi connectivity index (χ4v) is 4.01. The number of fused-ring (bicyclic) bond motifs is 1. The van der Waals surface area contributed by atoms with Crippen molar-refractivity contribution in [2.45, 2.75) is 13.3 Å². The van der Waals surface area contributed by atoms with Gasteiger partial charge < -0.3 is 20.3 Å². The Kier molecular flexibility index (Phi) is 6.46. The topological polar surface area (TPSA) is 88.8 Å². The minimum atomic E-state index is -0.323. The van der Waals surface area contributed by atoms with Crippen LogP contribution in [0.1, 0.15) is 23.7 Å². The van der Waals surface area contributed by atoms with Gasteiger partial charge >= 0.3 is 6.09 Å². The van der Waals surface area contributed by atoms with Gasteiger partial charge in [-0.3, -0.25) is 4.79 Å². The van der Waals surface area contributed by atoms with Crippen molar-refractivity contribution in [1.29, 1.82) is 0 Å². The van der Waals surface area contributed by atoms with Gasteiger partial charge in [-0.05, 0) is 30.7 Å². The van der Waals surface area contributed by atoms with E-state index in [2.05, 4.69) is 0 Å². The predicted octanol–water partition coefficient (Wildman–Crippen LogP) is 4.44. The van der Waals surface area contributed by atoms with E-state index in [-0.39, 0.29) is 12.0 Å². The summed E-state index contributed by atoms with van der Waals surface area (Å²) in [5.41, 5.74) is 9.31. The van der Waals surface area contributed by atoms with E-state index >= 15 is 0 Å². The lowest BCUT2D eigenvalue weighted by Crippen LogP contribution is -2.50. The summed E-state index contributed by atoms with van der Waals surface area (Å²) in [6, 6.07) is 14.6. The van der Waals surface area contributed by atoms with Gasteiger partial charge in [0.2, 0.25) is 0 Å². The lowest BCUT2D eigenvalue weighted by molar-refractivity contribution is 0.0560. The zero-order valence-electron chi connectivity index (χ0n) is 17.9. The van der Waals surface area contributed by atoms with Crippen LogP contribution in [0.25, 0.3) is 22.2 Å². The number of anilines is 1. The van der Waals surface area contributed by atoms with Crippen LogP contribution in [0, 0.1) is 0 Å². The molecule has 0 saturated carbocycles. The molecule has 0 aliphatic carbocycles. The van der Waals surface area contributed by atoms with Gasteiger partial charge in [0.25, 0.3) is 5.91 Å². The Bertz CT molecular complexity index is 1160. The molecule has 1 aromatic heterocycles. The minimum absolute atomic E-state index is 0.101. The molecule has 0 bridgehead atoms. The van der Waals surface area contributed by atoms with Gasteiger partial charge in [0.05, 0.1) is 22.8 Å². The molecule has 1 saturated heterocycles. The number of rotatable bonds is 4.